The van der Waals surface area contributed by atoms with Gasteiger partial charge in [0.25, 0.3) is 5.91 Å². The fourth-order valence-corrected chi connectivity index (χ4v) is 3.17. The van der Waals surface area contributed by atoms with Crippen molar-refractivity contribution in [2.45, 2.75) is 32.7 Å². The van der Waals surface area contributed by atoms with E-state index < -0.39 is 0 Å². The SMILES string of the molecule is CC(=O)N1CCC(NC(=O)c2oc3ccc(Cl)cc3c2C)CC1. The van der Waals surface area contributed by atoms with Gasteiger partial charge in [0.1, 0.15) is 5.58 Å². The van der Waals surface area contributed by atoms with Crippen LogP contribution in [0.5, 0.6) is 0 Å². The molecule has 0 radical (unpaired) electrons. The van der Waals surface area contributed by atoms with Crippen LogP contribution in [0.2, 0.25) is 5.02 Å². The van der Waals surface area contributed by atoms with Gasteiger partial charge in [0.05, 0.1) is 0 Å². The van der Waals surface area contributed by atoms with Crippen LogP contribution in [0.4, 0.5) is 0 Å². The number of nitrogens with zero attached hydrogens (tertiary/aromatic N) is 1. The minimum absolute atomic E-state index is 0.0642. The highest BCUT2D eigenvalue weighted by Crippen LogP contribution is 2.28. The summed E-state index contributed by atoms with van der Waals surface area (Å²) in [5.74, 6) is 0.201. The maximum Gasteiger partial charge on any atom is 0.287 e. The highest BCUT2D eigenvalue weighted by atomic mass is 35.5. The number of hydrogen-bond donors (Lipinski definition) is 1. The Kier molecular flexibility index (Phi) is 4.31. The van der Waals surface area contributed by atoms with Crippen molar-refractivity contribution in [3.8, 4) is 0 Å². The average molecular weight is 335 g/mol. The van der Waals surface area contributed by atoms with Crippen molar-refractivity contribution in [3.05, 3.63) is 34.5 Å². The van der Waals surface area contributed by atoms with Crippen molar-refractivity contribution in [1.82, 2.24) is 10.2 Å². The Morgan fingerprint density at radius 2 is 2.00 bits per heavy atom. The monoisotopic (exact) mass is 334 g/mol. The number of halogens is 1. The highest BCUT2D eigenvalue weighted by Gasteiger charge is 2.25. The molecule has 0 unspecified atom stereocenters. The van der Waals surface area contributed by atoms with Crippen LogP contribution >= 0.6 is 11.6 Å². The van der Waals surface area contributed by atoms with Gasteiger partial charge < -0.3 is 14.6 Å². The molecule has 0 saturated carbocycles. The molecule has 6 heteroatoms. The van der Waals surface area contributed by atoms with E-state index in [1.165, 1.54) is 0 Å². The van der Waals surface area contributed by atoms with E-state index in [1.807, 2.05) is 6.92 Å². The number of carbonyl (C=O) groups excluding carboxylic acids is 2. The Hall–Kier alpha value is -2.01. The molecule has 1 N–H and O–H groups in total. The summed E-state index contributed by atoms with van der Waals surface area (Å²) in [5.41, 5.74) is 1.45. The summed E-state index contributed by atoms with van der Waals surface area (Å²) in [6.07, 6.45) is 1.52. The fraction of sp³-hybridized carbons (Fsp3) is 0.412. The first kappa shape index (κ1) is 15.9. The minimum Gasteiger partial charge on any atom is -0.451 e. The van der Waals surface area contributed by atoms with E-state index in [2.05, 4.69) is 5.32 Å². The third-order valence-electron chi connectivity index (χ3n) is 4.38. The Labute approximate surface area is 139 Å². The molecular formula is C17H19ClN2O3. The van der Waals surface area contributed by atoms with Crippen LogP contribution in [0.3, 0.4) is 0 Å². The van der Waals surface area contributed by atoms with Gasteiger partial charge in [-0.15, -0.1) is 0 Å². The number of hydrogen-bond acceptors (Lipinski definition) is 3. The van der Waals surface area contributed by atoms with Gasteiger partial charge >= 0.3 is 0 Å². The molecule has 0 atom stereocenters. The van der Waals surface area contributed by atoms with Crippen molar-refractivity contribution >= 4 is 34.4 Å². The molecule has 1 aromatic carbocycles. The lowest BCUT2D eigenvalue weighted by Gasteiger charge is -2.31. The smallest absolute Gasteiger partial charge is 0.287 e. The van der Waals surface area contributed by atoms with Crippen LogP contribution in [-0.2, 0) is 4.79 Å². The van der Waals surface area contributed by atoms with E-state index in [0.29, 0.717) is 29.5 Å². The Bertz CT molecular complexity index is 761. The van der Waals surface area contributed by atoms with E-state index >= 15 is 0 Å². The van der Waals surface area contributed by atoms with Gasteiger partial charge in [0, 0.05) is 42.0 Å². The molecule has 1 aromatic heterocycles. The Morgan fingerprint density at radius 1 is 1.30 bits per heavy atom. The van der Waals surface area contributed by atoms with Crippen molar-refractivity contribution in [3.63, 3.8) is 0 Å². The molecule has 1 saturated heterocycles. The van der Waals surface area contributed by atoms with E-state index in [1.54, 1.807) is 30.0 Å². The zero-order valence-corrected chi connectivity index (χ0v) is 13.9. The van der Waals surface area contributed by atoms with Gasteiger partial charge in [-0.3, -0.25) is 9.59 Å². The summed E-state index contributed by atoms with van der Waals surface area (Å²) in [6, 6.07) is 5.38. The van der Waals surface area contributed by atoms with E-state index in [9.17, 15) is 9.59 Å². The molecule has 0 spiro atoms. The maximum atomic E-state index is 12.5. The largest absolute Gasteiger partial charge is 0.451 e. The van der Waals surface area contributed by atoms with Crippen molar-refractivity contribution in [2.24, 2.45) is 0 Å². The number of furan rings is 1. The van der Waals surface area contributed by atoms with Gasteiger partial charge in [-0.05, 0) is 38.0 Å². The van der Waals surface area contributed by atoms with Crippen molar-refractivity contribution < 1.29 is 14.0 Å². The number of carbonyl (C=O) groups is 2. The first-order valence-electron chi connectivity index (χ1n) is 7.70. The molecule has 1 fully saturated rings. The molecule has 1 aliphatic rings. The molecule has 5 nitrogen and oxygen atoms in total. The molecule has 23 heavy (non-hydrogen) atoms. The average Bonchev–Trinajstić information content (AvgIpc) is 2.85. The predicted molar refractivity (Wildman–Crippen MR) is 88.7 cm³/mol. The highest BCUT2D eigenvalue weighted by molar-refractivity contribution is 6.31. The summed E-state index contributed by atoms with van der Waals surface area (Å²) < 4.78 is 5.68. The van der Waals surface area contributed by atoms with Gasteiger partial charge in [-0.2, -0.15) is 0 Å². The molecule has 3 rings (SSSR count). The number of aryl methyl sites for hydroxylation is 1. The van der Waals surface area contributed by atoms with Crippen LogP contribution in [0.15, 0.2) is 22.6 Å². The number of amides is 2. The second kappa shape index (κ2) is 6.24. The number of rotatable bonds is 2. The second-order valence-electron chi connectivity index (χ2n) is 5.95. The molecule has 2 aromatic rings. The Balaban J connectivity index is 1.72. The lowest BCUT2D eigenvalue weighted by molar-refractivity contribution is -0.129. The molecule has 1 aliphatic heterocycles. The molecule has 0 bridgehead atoms. The predicted octanol–water partition coefficient (Wildman–Crippen LogP) is 3.14. The summed E-state index contributed by atoms with van der Waals surface area (Å²) >= 11 is 6.00. The summed E-state index contributed by atoms with van der Waals surface area (Å²) in [6.45, 7) is 4.78. The quantitative estimate of drug-likeness (QED) is 0.917. The number of fused-ring (bicyclic) bond motifs is 1. The van der Waals surface area contributed by atoms with Crippen LogP contribution in [-0.4, -0.2) is 35.8 Å². The van der Waals surface area contributed by atoms with Crippen LogP contribution in [0.1, 0.15) is 35.9 Å². The summed E-state index contributed by atoms with van der Waals surface area (Å²) in [7, 11) is 0. The van der Waals surface area contributed by atoms with Crippen LogP contribution < -0.4 is 5.32 Å². The number of nitrogens with one attached hydrogen (secondary N) is 1. The molecule has 0 aliphatic carbocycles. The van der Waals surface area contributed by atoms with Crippen LogP contribution in [0.25, 0.3) is 11.0 Å². The lowest BCUT2D eigenvalue weighted by Crippen LogP contribution is -2.46. The number of likely N-dealkylation sites (tertiary alicyclic amines) is 1. The van der Waals surface area contributed by atoms with Crippen LogP contribution in [0, 0.1) is 6.92 Å². The normalized spacial score (nSPS) is 15.9. The van der Waals surface area contributed by atoms with E-state index in [-0.39, 0.29) is 17.9 Å². The van der Waals surface area contributed by atoms with E-state index in [4.69, 9.17) is 16.0 Å². The van der Waals surface area contributed by atoms with Crippen molar-refractivity contribution in [1.29, 1.82) is 0 Å². The number of benzene rings is 1. The first-order valence-corrected chi connectivity index (χ1v) is 8.08. The zero-order valence-electron chi connectivity index (χ0n) is 13.2. The lowest BCUT2D eigenvalue weighted by atomic mass is 10.0. The fourth-order valence-electron chi connectivity index (χ4n) is 3.00. The summed E-state index contributed by atoms with van der Waals surface area (Å²) in [5, 5.41) is 4.48. The van der Waals surface area contributed by atoms with Gasteiger partial charge in [0.15, 0.2) is 5.76 Å². The summed E-state index contributed by atoms with van der Waals surface area (Å²) in [4.78, 5) is 25.6. The van der Waals surface area contributed by atoms with Gasteiger partial charge in [-0.25, -0.2) is 0 Å². The first-order chi connectivity index (χ1) is 11.0. The van der Waals surface area contributed by atoms with E-state index in [0.717, 1.165) is 23.8 Å². The van der Waals surface area contributed by atoms with Crippen molar-refractivity contribution in [2.75, 3.05) is 13.1 Å². The third-order valence-corrected chi connectivity index (χ3v) is 4.62. The minimum atomic E-state index is -0.212. The topological polar surface area (TPSA) is 62.6 Å². The second-order valence-corrected chi connectivity index (χ2v) is 6.39. The molecular weight excluding hydrogens is 316 g/mol. The number of piperidine rings is 1. The molecule has 2 heterocycles. The molecule has 122 valence electrons. The molecule has 2 amide bonds. The van der Waals surface area contributed by atoms with Gasteiger partial charge in [-0.1, -0.05) is 11.6 Å². The standard InChI is InChI=1S/C17H19ClN2O3/c1-10-14-9-12(18)3-4-15(14)23-16(10)17(22)19-13-5-7-20(8-6-13)11(2)21/h3-4,9,13H,5-8H2,1-2H3,(H,19,22). The van der Waals surface area contributed by atoms with Gasteiger partial charge in [0.2, 0.25) is 5.91 Å². The maximum absolute atomic E-state index is 12.5. The third kappa shape index (κ3) is 3.20. The zero-order chi connectivity index (χ0) is 16.6. The Morgan fingerprint density at radius 3 is 2.65 bits per heavy atom.